The lowest BCUT2D eigenvalue weighted by molar-refractivity contribution is -0.136. The predicted molar refractivity (Wildman–Crippen MR) is 89.5 cm³/mol. The summed E-state index contributed by atoms with van der Waals surface area (Å²) in [5.74, 6) is -0.357. The molecule has 4 nitrogen and oxygen atoms in total. The molecule has 1 aromatic rings. The van der Waals surface area contributed by atoms with Crippen molar-refractivity contribution in [3.8, 4) is 0 Å². The lowest BCUT2D eigenvalue weighted by Gasteiger charge is -2.35. The maximum Gasteiger partial charge on any atom is 0.338 e. The molecule has 3 rings (SSSR count). The molecule has 0 fully saturated rings. The van der Waals surface area contributed by atoms with E-state index >= 15 is 0 Å². The largest absolute Gasteiger partial charge is 0.466 e. The number of methoxy groups -OCH3 is 1. The minimum absolute atomic E-state index is 0.247. The van der Waals surface area contributed by atoms with Gasteiger partial charge in [0.25, 0.3) is 0 Å². The first-order valence-corrected chi connectivity index (χ1v) is 8.04. The molecule has 0 radical (unpaired) electrons. The fourth-order valence-electron chi connectivity index (χ4n) is 2.66. The number of esters is 1. The van der Waals surface area contributed by atoms with Crippen LogP contribution in [0.25, 0.3) is 0 Å². The van der Waals surface area contributed by atoms with E-state index in [2.05, 4.69) is 9.89 Å². The smallest absolute Gasteiger partial charge is 0.338 e. The topological polar surface area (TPSA) is 41.9 Å². The third-order valence-corrected chi connectivity index (χ3v) is 4.91. The molecule has 1 unspecified atom stereocenters. The highest BCUT2D eigenvalue weighted by molar-refractivity contribution is 8.16. The van der Waals surface area contributed by atoms with Gasteiger partial charge in [-0.15, -0.1) is 0 Å². The van der Waals surface area contributed by atoms with Gasteiger partial charge in [-0.2, -0.15) is 0 Å². The van der Waals surface area contributed by atoms with E-state index in [0.717, 1.165) is 16.4 Å². The van der Waals surface area contributed by atoms with E-state index < -0.39 is 0 Å². The van der Waals surface area contributed by atoms with Crippen molar-refractivity contribution >= 4 is 34.5 Å². The first-order chi connectivity index (χ1) is 10.5. The normalized spacial score (nSPS) is 20.5. The molecule has 0 bridgehead atoms. The number of fused-ring (bicyclic) bond motifs is 1. The molecule has 114 valence electrons. The van der Waals surface area contributed by atoms with Crippen LogP contribution in [0.1, 0.15) is 25.5 Å². The molecule has 0 saturated heterocycles. The average molecular weight is 335 g/mol. The van der Waals surface area contributed by atoms with E-state index in [0.29, 0.717) is 16.3 Å². The number of allylic oxidation sites excluding steroid dienone is 2. The summed E-state index contributed by atoms with van der Waals surface area (Å²) in [5.41, 5.74) is 3.28. The first kappa shape index (κ1) is 15.2. The number of carbonyl (C=O) groups excluding carboxylic acids is 1. The van der Waals surface area contributed by atoms with Crippen molar-refractivity contribution in [1.82, 2.24) is 4.90 Å². The van der Waals surface area contributed by atoms with Crippen LogP contribution in [0.2, 0.25) is 5.02 Å². The molecule has 2 aliphatic heterocycles. The summed E-state index contributed by atoms with van der Waals surface area (Å²) in [6, 6.07) is 7.28. The number of benzene rings is 1. The van der Waals surface area contributed by atoms with Crippen LogP contribution >= 0.6 is 23.4 Å². The van der Waals surface area contributed by atoms with Crippen LogP contribution in [0.15, 0.2) is 51.6 Å². The van der Waals surface area contributed by atoms with Gasteiger partial charge in [-0.1, -0.05) is 35.5 Å². The second-order valence-electron chi connectivity index (χ2n) is 5.09. The van der Waals surface area contributed by atoms with E-state index in [1.165, 1.54) is 7.11 Å². The van der Waals surface area contributed by atoms with Crippen LogP contribution in [0.4, 0.5) is 0 Å². The van der Waals surface area contributed by atoms with Crippen molar-refractivity contribution in [2.24, 2.45) is 4.99 Å². The Hall–Kier alpha value is -1.72. The molecule has 6 heteroatoms. The van der Waals surface area contributed by atoms with Crippen molar-refractivity contribution in [1.29, 1.82) is 0 Å². The number of halogens is 1. The van der Waals surface area contributed by atoms with Crippen molar-refractivity contribution in [2.45, 2.75) is 19.9 Å². The summed E-state index contributed by atoms with van der Waals surface area (Å²) in [6.07, 6.45) is 0. The monoisotopic (exact) mass is 334 g/mol. The van der Waals surface area contributed by atoms with Crippen molar-refractivity contribution in [2.75, 3.05) is 7.11 Å². The minimum Gasteiger partial charge on any atom is -0.466 e. The van der Waals surface area contributed by atoms with Gasteiger partial charge in [-0.05, 0) is 37.0 Å². The molecule has 2 aliphatic rings. The number of amidine groups is 1. The summed E-state index contributed by atoms with van der Waals surface area (Å²) < 4.78 is 4.97. The maximum absolute atomic E-state index is 12.3. The molecular formula is C16H15ClN2O2S. The molecule has 22 heavy (non-hydrogen) atoms. The third-order valence-electron chi connectivity index (χ3n) is 3.70. The van der Waals surface area contributed by atoms with Crippen molar-refractivity contribution in [3.63, 3.8) is 0 Å². The Kier molecular flexibility index (Phi) is 4.02. The summed E-state index contributed by atoms with van der Waals surface area (Å²) in [4.78, 5) is 18.9. The Labute approximate surface area is 138 Å². The van der Waals surface area contributed by atoms with Gasteiger partial charge in [0, 0.05) is 10.7 Å². The molecule has 0 N–H and O–H groups in total. The molecule has 0 saturated carbocycles. The molecular weight excluding hydrogens is 320 g/mol. The standard InChI is InChI=1S/C16H15ClN2O2S/c1-9-8-22-16-18-10(2)13(15(20)21-3)14(19(9)16)11-4-6-12(17)7-5-11/h4-8,14H,1-3H3. The Bertz CT molecular complexity index is 722. The Morgan fingerprint density at radius 2 is 2.00 bits per heavy atom. The minimum atomic E-state index is -0.357. The maximum atomic E-state index is 12.3. The highest BCUT2D eigenvalue weighted by atomic mass is 35.5. The Morgan fingerprint density at radius 3 is 2.64 bits per heavy atom. The van der Waals surface area contributed by atoms with Gasteiger partial charge >= 0.3 is 5.97 Å². The Balaban J connectivity index is 2.16. The molecule has 0 spiro atoms. The molecule has 0 aromatic heterocycles. The van der Waals surface area contributed by atoms with E-state index in [9.17, 15) is 4.79 Å². The molecule has 0 amide bonds. The van der Waals surface area contributed by atoms with E-state index in [1.54, 1.807) is 11.8 Å². The fourth-order valence-corrected chi connectivity index (χ4v) is 3.73. The van der Waals surface area contributed by atoms with Crippen LogP contribution < -0.4 is 0 Å². The number of carbonyl (C=O) groups is 1. The van der Waals surface area contributed by atoms with Crippen LogP contribution in [0, 0.1) is 0 Å². The highest BCUT2D eigenvalue weighted by Crippen LogP contribution is 2.43. The molecule has 2 heterocycles. The van der Waals surface area contributed by atoms with E-state index in [-0.39, 0.29) is 12.0 Å². The number of ether oxygens (including phenoxy) is 1. The summed E-state index contributed by atoms with van der Waals surface area (Å²) in [7, 11) is 1.39. The molecule has 1 aromatic carbocycles. The molecule has 1 atom stereocenters. The van der Waals surface area contributed by atoms with E-state index in [4.69, 9.17) is 16.3 Å². The van der Waals surface area contributed by atoms with Gasteiger partial charge in [0.15, 0.2) is 5.17 Å². The average Bonchev–Trinajstić information content (AvgIpc) is 2.87. The SMILES string of the molecule is COC(=O)C1=C(C)N=C2SC=C(C)N2C1c1ccc(Cl)cc1. The van der Waals surface area contributed by atoms with Gasteiger partial charge in [0.2, 0.25) is 0 Å². The van der Waals surface area contributed by atoms with E-state index in [1.807, 2.05) is 43.5 Å². The van der Waals surface area contributed by atoms with Crippen molar-refractivity contribution < 1.29 is 9.53 Å². The lowest BCUT2D eigenvalue weighted by Crippen LogP contribution is -2.35. The zero-order chi connectivity index (χ0) is 15.9. The number of thioether (sulfide) groups is 1. The second-order valence-corrected chi connectivity index (χ2v) is 6.36. The van der Waals surface area contributed by atoms with Gasteiger partial charge in [0.1, 0.15) is 0 Å². The molecule has 0 aliphatic carbocycles. The third kappa shape index (κ3) is 2.44. The quantitative estimate of drug-likeness (QED) is 0.763. The highest BCUT2D eigenvalue weighted by Gasteiger charge is 2.39. The van der Waals surface area contributed by atoms with Gasteiger partial charge in [0.05, 0.1) is 24.4 Å². The fraction of sp³-hybridized carbons (Fsp3) is 0.250. The van der Waals surface area contributed by atoms with Crippen molar-refractivity contribution in [3.05, 3.63) is 57.2 Å². The number of hydrogen-bond acceptors (Lipinski definition) is 5. The van der Waals surface area contributed by atoms with Crippen LogP contribution in [-0.2, 0) is 9.53 Å². The predicted octanol–water partition coefficient (Wildman–Crippen LogP) is 4.11. The van der Waals surface area contributed by atoms with Crippen LogP contribution in [-0.4, -0.2) is 23.1 Å². The zero-order valence-corrected chi connectivity index (χ0v) is 14.0. The van der Waals surface area contributed by atoms with Gasteiger partial charge in [-0.25, -0.2) is 9.79 Å². The summed E-state index contributed by atoms with van der Waals surface area (Å²) >= 11 is 7.55. The number of aliphatic imine (C=N–C) groups is 1. The summed E-state index contributed by atoms with van der Waals surface area (Å²) in [5, 5.41) is 3.58. The number of hydrogen-bond donors (Lipinski definition) is 0. The van der Waals surface area contributed by atoms with Gasteiger partial charge in [-0.3, -0.25) is 0 Å². The number of nitrogens with zero attached hydrogens (tertiary/aromatic N) is 2. The lowest BCUT2D eigenvalue weighted by atomic mass is 9.94. The van der Waals surface area contributed by atoms with Gasteiger partial charge < -0.3 is 9.64 Å². The Morgan fingerprint density at radius 1 is 1.32 bits per heavy atom. The van der Waals surface area contributed by atoms with Crippen LogP contribution in [0.3, 0.4) is 0 Å². The second kappa shape index (κ2) is 5.82. The first-order valence-electron chi connectivity index (χ1n) is 6.79. The zero-order valence-electron chi connectivity index (χ0n) is 12.5. The summed E-state index contributed by atoms with van der Waals surface area (Å²) in [6.45, 7) is 3.85. The van der Waals surface area contributed by atoms with Crippen LogP contribution in [0.5, 0.6) is 0 Å². The number of rotatable bonds is 2.